The van der Waals surface area contributed by atoms with Crippen molar-refractivity contribution in [3.8, 4) is 0 Å². The summed E-state index contributed by atoms with van der Waals surface area (Å²) >= 11 is 1.49. The normalized spacial score (nSPS) is 17.0. The lowest BCUT2D eigenvalue weighted by atomic mass is 10.3. The lowest BCUT2D eigenvalue weighted by molar-refractivity contribution is -0.422. The molecular formula is C11H15N3O3S. The molecule has 0 saturated carbocycles. The van der Waals surface area contributed by atoms with Crippen LogP contribution in [-0.4, -0.2) is 36.2 Å². The number of aromatic nitrogens is 1. The molecule has 1 fully saturated rings. The summed E-state index contributed by atoms with van der Waals surface area (Å²) in [6.07, 6.45) is 1.58. The van der Waals surface area contributed by atoms with E-state index in [0.29, 0.717) is 13.2 Å². The summed E-state index contributed by atoms with van der Waals surface area (Å²) in [6.45, 7) is 6.43. The second-order valence-electron chi connectivity index (χ2n) is 4.09. The first kappa shape index (κ1) is 13.0. The zero-order chi connectivity index (χ0) is 13.1. The average molecular weight is 269 g/mol. The second-order valence-corrected chi connectivity index (χ2v) is 5.10. The van der Waals surface area contributed by atoms with Crippen LogP contribution >= 0.6 is 11.3 Å². The fourth-order valence-corrected chi connectivity index (χ4v) is 2.77. The highest BCUT2D eigenvalue weighted by Crippen LogP contribution is 2.28. The molecule has 1 aliphatic heterocycles. The highest BCUT2D eigenvalue weighted by Gasteiger charge is 2.17. The Labute approximate surface area is 109 Å². The van der Waals surface area contributed by atoms with Gasteiger partial charge in [-0.15, -0.1) is 0 Å². The third-order valence-electron chi connectivity index (χ3n) is 2.73. The van der Waals surface area contributed by atoms with Crippen LogP contribution in [0.25, 0.3) is 6.08 Å². The van der Waals surface area contributed by atoms with Crippen LogP contribution in [0, 0.1) is 17.0 Å². The number of ether oxygens (including phenoxy) is 1. The van der Waals surface area contributed by atoms with Gasteiger partial charge in [0.15, 0.2) is 5.13 Å². The molecule has 2 heterocycles. The molecular weight excluding hydrogens is 254 g/mol. The van der Waals surface area contributed by atoms with Crippen molar-refractivity contribution in [1.82, 2.24) is 4.98 Å². The minimum Gasteiger partial charge on any atom is -0.378 e. The summed E-state index contributed by atoms with van der Waals surface area (Å²) in [7, 11) is 0. The largest absolute Gasteiger partial charge is 0.378 e. The minimum atomic E-state index is -0.381. The Bertz CT molecular complexity index is 478. The predicted octanol–water partition coefficient (Wildman–Crippen LogP) is 1.93. The molecule has 0 atom stereocenters. The number of morpholine rings is 1. The van der Waals surface area contributed by atoms with E-state index < -0.39 is 0 Å². The first-order valence-corrected chi connectivity index (χ1v) is 6.52. The summed E-state index contributed by atoms with van der Waals surface area (Å²) in [4.78, 5) is 17.7. The number of aryl methyl sites for hydroxylation is 1. The van der Waals surface area contributed by atoms with Crippen LogP contribution in [0.1, 0.15) is 17.5 Å². The molecule has 0 amide bonds. The Kier molecular flexibility index (Phi) is 3.93. The number of anilines is 1. The van der Waals surface area contributed by atoms with E-state index in [1.807, 2.05) is 6.92 Å². The van der Waals surface area contributed by atoms with E-state index >= 15 is 0 Å². The summed E-state index contributed by atoms with van der Waals surface area (Å²) < 4.78 is 5.29. The fourth-order valence-electron chi connectivity index (χ4n) is 1.66. The standard InChI is InChI=1S/C11H15N3O3S/c1-8(14(15)16)7-10-9(2)12-11(18-10)13-3-5-17-6-4-13/h7H,3-6H2,1-2H3/b8-7+. The van der Waals surface area contributed by atoms with Crippen molar-refractivity contribution in [2.24, 2.45) is 0 Å². The van der Waals surface area contributed by atoms with Crippen LogP contribution in [-0.2, 0) is 4.74 Å². The summed E-state index contributed by atoms with van der Waals surface area (Å²) in [6, 6.07) is 0. The number of thiazole rings is 1. The Morgan fingerprint density at radius 3 is 2.83 bits per heavy atom. The lowest BCUT2D eigenvalue weighted by Crippen LogP contribution is -2.36. The fraction of sp³-hybridized carbons (Fsp3) is 0.545. The van der Waals surface area contributed by atoms with Gasteiger partial charge >= 0.3 is 0 Å². The maximum atomic E-state index is 10.6. The molecule has 1 aliphatic rings. The average Bonchev–Trinajstić information content (AvgIpc) is 2.72. The van der Waals surface area contributed by atoms with Crippen molar-refractivity contribution in [3.63, 3.8) is 0 Å². The van der Waals surface area contributed by atoms with Gasteiger partial charge in [-0.25, -0.2) is 4.98 Å². The molecule has 0 radical (unpaired) electrons. The molecule has 1 saturated heterocycles. The Balaban J connectivity index is 2.21. The number of nitro groups is 1. The van der Waals surface area contributed by atoms with Gasteiger partial charge in [0.1, 0.15) is 0 Å². The summed E-state index contributed by atoms with van der Waals surface area (Å²) in [5, 5.41) is 11.5. The van der Waals surface area contributed by atoms with Crippen molar-refractivity contribution < 1.29 is 9.66 Å². The van der Waals surface area contributed by atoms with Gasteiger partial charge < -0.3 is 9.64 Å². The molecule has 98 valence electrons. The Morgan fingerprint density at radius 1 is 1.56 bits per heavy atom. The molecule has 0 aliphatic carbocycles. The van der Waals surface area contributed by atoms with Crippen LogP contribution < -0.4 is 4.90 Å². The monoisotopic (exact) mass is 269 g/mol. The first-order valence-electron chi connectivity index (χ1n) is 5.70. The lowest BCUT2D eigenvalue weighted by Gasteiger charge is -2.25. The van der Waals surface area contributed by atoms with Gasteiger partial charge in [0.2, 0.25) is 5.70 Å². The minimum absolute atomic E-state index is 0.135. The number of rotatable bonds is 3. The molecule has 1 aromatic heterocycles. The van der Waals surface area contributed by atoms with Gasteiger partial charge in [-0.1, -0.05) is 11.3 Å². The van der Waals surface area contributed by atoms with Crippen LogP contribution in [0.15, 0.2) is 5.70 Å². The smallest absolute Gasteiger partial charge is 0.244 e. The molecule has 0 aromatic carbocycles. The second kappa shape index (κ2) is 5.45. The van der Waals surface area contributed by atoms with E-state index in [2.05, 4.69) is 9.88 Å². The van der Waals surface area contributed by atoms with Crippen LogP contribution in [0.4, 0.5) is 5.13 Å². The Morgan fingerprint density at radius 2 is 2.22 bits per heavy atom. The SMILES string of the molecule is C/C(=C\c1sc(N2CCOCC2)nc1C)[N+](=O)[O-]. The van der Waals surface area contributed by atoms with E-state index in [0.717, 1.165) is 28.8 Å². The van der Waals surface area contributed by atoms with Crippen molar-refractivity contribution in [1.29, 1.82) is 0 Å². The highest BCUT2D eigenvalue weighted by molar-refractivity contribution is 7.16. The third kappa shape index (κ3) is 2.85. The van der Waals surface area contributed by atoms with Crippen molar-refractivity contribution >= 4 is 22.5 Å². The number of hydrogen-bond acceptors (Lipinski definition) is 6. The van der Waals surface area contributed by atoms with Gasteiger partial charge in [0.05, 0.1) is 28.7 Å². The molecule has 6 nitrogen and oxygen atoms in total. The van der Waals surface area contributed by atoms with E-state index in [1.54, 1.807) is 6.08 Å². The van der Waals surface area contributed by atoms with Crippen LogP contribution in [0.5, 0.6) is 0 Å². The first-order chi connectivity index (χ1) is 8.58. The van der Waals surface area contributed by atoms with Gasteiger partial charge in [-0.3, -0.25) is 10.1 Å². The van der Waals surface area contributed by atoms with Crippen LogP contribution in [0.2, 0.25) is 0 Å². The van der Waals surface area contributed by atoms with Crippen LogP contribution in [0.3, 0.4) is 0 Å². The zero-order valence-electron chi connectivity index (χ0n) is 10.4. The van der Waals surface area contributed by atoms with Crippen molar-refractivity contribution in [2.45, 2.75) is 13.8 Å². The van der Waals surface area contributed by atoms with E-state index in [-0.39, 0.29) is 10.6 Å². The summed E-state index contributed by atoms with van der Waals surface area (Å²) in [5.41, 5.74) is 0.970. The number of hydrogen-bond donors (Lipinski definition) is 0. The molecule has 18 heavy (non-hydrogen) atoms. The van der Waals surface area contributed by atoms with Gasteiger partial charge in [-0.05, 0) is 6.92 Å². The topological polar surface area (TPSA) is 68.5 Å². The van der Waals surface area contributed by atoms with E-state index in [4.69, 9.17) is 4.74 Å². The van der Waals surface area contributed by atoms with E-state index in [9.17, 15) is 10.1 Å². The zero-order valence-corrected chi connectivity index (χ0v) is 11.2. The molecule has 0 unspecified atom stereocenters. The molecule has 0 N–H and O–H groups in total. The molecule has 0 spiro atoms. The quantitative estimate of drug-likeness (QED) is 0.619. The van der Waals surface area contributed by atoms with Crippen molar-refractivity contribution in [2.75, 3.05) is 31.2 Å². The third-order valence-corrected chi connectivity index (χ3v) is 3.90. The van der Waals surface area contributed by atoms with E-state index in [1.165, 1.54) is 18.3 Å². The predicted molar refractivity (Wildman–Crippen MR) is 70.5 cm³/mol. The molecule has 1 aromatic rings. The summed E-state index contributed by atoms with van der Waals surface area (Å²) in [5.74, 6) is 0. The number of nitrogens with zero attached hydrogens (tertiary/aromatic N) is 3. The molecule has 0 bridgehead atoms. The maximum Gasteiger partial charge on any atom is 0.244 e. The molecule has 7 heteroatoms. The maximum absolute atomic E-state index is 10.6. The molecule has 2 rings (SSSR count). The number of allylic oxidation sites excluding steroid dienone is 1. The van der Waals surface area contributed by atoms with Gasteiger partial charge in [0, 0.05) is 26.1 Å². The van der Waals surface area contributed by atoms with Crippen molar-refractivity contribution in [3.05, 3.63) is 26.4 Å². The van der Waals surface area contributed by atoms with Gasteiger partial charge in [-0.2, -0.15) is 0 Å². The van der Waals surface area contributed by atoms with Gasteiger partial charge in [0.25, 0.3) is 0 Å². The Hall–Kier alpha value is -1.47. The highest BCUT2D eigenvalue weighted by atomic mass is 32.1.